The first-order valence-corrected chi connectivity index (χ1v) is 4.91. The van der Waals surface area contributed by atoms with Crippen LogP contribution >= 0.6 is 0 Å². The van der Waals surface area contributed by atoms with Crippen LogP contribution in [0.5, 0.6) is 11.5 Å². The Morgan fingerprint density at radius 1 is 1.24 bits per heavy atom. The number of rotatable bonds is 4. The average Bonchev–Trinajstić information content (AvgIpc) is 2.25. The highest BCUT2D eigenvalue weighted by Gasteiger charge is 2.32. The molecule has 0 radical (unpaired) electrons. The summed E-state index contributed by atoms with van der Waals surface area (Å²) in [5.41, 5.74) is 5.82. The molecule has 0 aliphatic carbocycles. The molecule has 0 amide bonds. The Labute approximate surface area is 97.3 Å². The molecule has 17 heavy (non-hydrogen) atoms. The molecule has 0 bridgehead atoms. The standard InChI is InChI=1S/C11H14F3NO2/c1-16-7-3-4-8(10(5-7)17-2)9(15)6-11(12,13)14/h3-5,9H,6,15H2,1-2H3/t9-/m1/s1. The van der Waals surface area contributed by atoms with Crippen molar-refractivity contribution in [3.8, 4) is 11.5 Å². The van der Waals surface area contributed by atoms with Crippen LogP contribution in [0.1, 0.15) is 18.0 Å². The molecule has 3 nitrogen and oxygen atoms in total. The zero-order valence-electron chi connectivity index (χ0n) is 9.54. The number of halogens is 3. The smallest absolute Gasteiger partial charge is 0.390 e. The second kappa shape index (κ2) is 5.27. The Morgan fingerprint density at radius 2 is 1.88 bits per heavy atom. The minimum atomic E-state index is -4.30. The maximum atomic E-state index is 12.2. The molecule has 1 aromatic rings. The minimum absolute atomic E-state index is 0.293. The molecule has 0 aliphatic rings. The molecule has 6 heteroatoms. The van der Waals surface area contributed by atoms with Gasteiger partial charge < -0.3 is 15.2 Å². The highest BCUT2D eigenvalue weighted by molar-refractivity contribution is 5.42. The molecule has 0 aliphatic heterocycles. The van der Waals surface area contributed by atoms with Crippen LogP contribution in [0.25, 0.3) is 0 Å². The average molecular weight is 249 g/mol. The molecule has 2 N–H and O–H groups in total. The van der Waals surface area contributed by atoms with E-state index in [-0.39, 0.29) is 0 Å². The van der Waals surface area contributed by atoms with Crippen LogP contribution in [0.15, 0.2) is 18.2 Å². The predicted octanol–water partition coefficient (Wildman–Crippen LogP) is 2.66. The fraction of sp³-hybridized carbons (Fsp3) is 0.455. The molecule has 1 atom stereocenters. The second-order valence-corrected chi connectivity index (χ2v) is 3.53. The van der Waals surface area contributed by atoms with Gasteiger partial charge in [-0.15, -0.1) is 0 Å². The summed E-state index contributed by atoms with van der Waals surface area (Å²) in [6.07, 6.45) is -5.39. The Morgan fingerprint density at radius 3 is 2.35 bits per heavy atom. The van der Waals surface area contributed by atoms with Gasteiger partial charge in [0.05, 0.1) is 20.6 Å². The Balaban J connectivity index is 2.96. The number of benzene rings is 1. The number of hydrogen-bond acceptors (Lipinski definition) is 3. The van der Waals surface area contributed by atoms with E-state index in [1.54, 1.807) is 6.07 Å². The summed E-state index contributed by atoms with van der Waals surface area (Å²) in [6, 6.07) is 3.39. The quantitative estimate of drug-likeness (QED) is 0.892. The summed E-state index contributed by atoms with van der Waals surface area (Å²) in [7, 11) is 2.84. The number of nitrogens with two attached hydrogens (primary N) is 1. The van der Waals surface area contributed by atoms with E-state index in [2.05, 4.69) is 0 Å². The van der Waals surface area contributed by atoms with Gasteiger partial charge in [0, 0.05) is 17.7 Å². The van der Waals surface area contributed by atoms with Crippen molar-refractivity contribution in [3.63, 3.8) is 0 Å². The van der Waals surface area contributed by atoms with Crippen molar-refractivity contribution in [3.05, 3.63) is 23.8 Å². The lowest BCUT2D eigenvalue weighted by molar-refractivity contribution is -0.138. The van der Waals surface area contributed by atoms with Gasteiger partial charge >= 0.3 is 6.18 Å². The van der Waals surface area contributed by atoms with E-state index in [9.17, 15) is 13.2 Å². The van der Waals surface area contributed by atoms with Crippen LogP contribution in [0, 0.1) is 0 Å². The Kier molecular flexibility index (Phi) is 4.22. The molecule has 0 saturated carbocycles. The monoisotopic (exact) mass is 249 g/mol. The molecule has 0 saturated heterocycles. The number of alkyl halides is 3. The largest absolute Gasteiger partial charge is 0.497 e. The molecular formula is C11H14F3NO2. The van der Waals surface area contributed by atoms with Gasteiger partial charge in [-0.2, -0.15) is 13.2 Å². The first kappa shape index (κ1) is 13.6. The first-order valence-electron chi connectivity index (χ1n) is 4.91. The predicted molar refractivity (Wildman–Crippen MR) is 57.1 cm³/mol. The second-order valence-electron chi connectivity index (χ2n) is 3.53. The third kappa shape index (κ3) is 3.81. The lowest BCUT2D eigenvalue weighted by Gasteiger charge is -2.17. The molecule has 1 rings (SSSR count). The molecule has 0 unspecified atom stereocenters. The molecular weight excluding hydrogens is 235 g/mol. The highest BCUT2D eigenvalue weighted by Crippen LogP contribution is 2.34. The lowest BCUT2D eigenvalue weighted by atomic mass is 10.0. The topological polar surface area (TPSA) is 44.5 Å². The lowest BCUT2D eigenvalue weighted by Crippen LogP contribution is -2.20. The van der Waals surface area contributed by atoms with Crippen molar-refractivity contribution in [2.45, 2.75) is 18.6 Å². The van der Waals surface area contributed by atoms with E-state index in [0.29, 0.717) is 17.1 Å². The normalized spacial score (nSPS) is 13.3. The Bertz CT molecular complexity index is 379. The van der Waals surface area contributed by atoms with Gasteiger partial charge in [-0.05, 0) is 6.07 Å². The van der Waals surface area contributed by atoms with Gasteiger partial charge in [0.15, 0.2) is 0 Å². The van der Waals surface area contributed by atoms with Crippen LogP contribution in [0.4, 0.5) is 13.2 Å². The summed E-state index contributed by atoms with van der Waals surface area (Å²) in [5.74, 6) is 0.797. The van der Waals surface area contributed by atoms with Gasteiger partial charge in [0.1, 0.15) is 11.5 Å². The van der Waals surface area contributed by atoms with E-state index in [4.69, 9.17) is 15.2 Å². The van der Waals surface area contributed by atoms with Crippen LogP contribution in [-0.2, 0) is 0 Å². The number of methoxy groups -OCH3 is 2. The summed E-state index contributed by atoms with van der Waals surface area (Å²) >= 11 is 0. The Hall–Kier alpha value is -1.43. The van der Waals surface area contributed by atoms with Crippen molar-refractivity contribution in [2.75, 3.05) is 14.2 Å². The summed E-state index contributed by atoms with van der Waals surface area (Å²) < 4.78 is 46.6. The van der Waals surface area contributed by atoms with Crippen molar-refractivity contribution < 1.29 is 22.6 Å². The fourth-order valence-electron chi connectivity index (χ4n) is 1.48. The van der Waals surface area contributed by atoms with Crippen LogP contribution in [0.2, 0.25) is 0 Å². The number of ether oxygens (including phenoxy) is 2. The van der Waals surface area contributed by atoms with E-state index in [0.717, 1.165) is 0 Å². The molecule has 96 valence electrons. The van der Waals surface area contributed by atoms with E-state index in [1.807, 2.05) is 0 Å². The van der Waals surface area contributed by atoms with Gasteiger partial charge in [-0.25, -0.2) is 0 Å². The SMILES string of the molecule is COc1ccc([C@H](N)CC(F)(F)F)c(OC)c1. The maximum absolute atomic E-state index is 12.2. The van der Waals surface area contributed by atoms with Crippen molar-refractivity contribution in [2.24, 2.45) is 5.73 Å². The third-order valence-corrected chi connectivity index (χ3v) is 2.29. The van der Waals surface area contributed by atoms with Crippen molar-refractivity contribution in [1.82, 2.24) is 0 Å². The van der Waals surface area contributed by atoms with Gasteiger partial charge in [0.2, 0.25) is 0 Å². The van der Waals surface area contributed by atoms with Crippen LogP contribution in [-0.4, -0.2) is 20.4 Å². The summed E-state index contributed by atoms with van der Waals surface area (Å²) in [4.78, 5) is 0. The van der Waals surface area contributed by atoms with Crippen LogP contribution < -0.4 is 15.2 Å². The van der Waals surface area contributed by atoms with Gasteiger partial charge in [0.25, 0.3) is 0 Å². The van der Waals surface area contributed by atoms with Crippen molar-refractivity contribution in [1.29, 1.82) is 0 Å². The van der Waals surface area contributed by atoms with Gasteiger partial charge in [-0.3, -0.25) is 0 Å². The fourth-order valence-corrected chi connectivity index (χ4v) is 1.48. The first-order chi connectivity index (χ1) is 7.87. The van der Waals surface area contributed by atoms with E-state index >= 15 is 0 Å². The number of hydrogen-bond donors (Lipinski definition) is 1. The molecule has 1 aromatic carbocycles. The molecule has 0 spiro atoms. The zero-order chi connectivity index (χ0) is 13.1. The zero-order valence-corrected chi connectivity index (χ0v) is 9.54. The molecule has 0 heterocycles. The van der Waals surface area contributed by atoms with E-state index < -0.39 is 18.6 Å². The van der Waals surface area contributed by atoms with Gasteiger partial charge in [-0.1, -0.05) is 6.07 Å². The van der Waals surface area contributed by atoms with Crippen molar-refractivity contribution >= 4 is 0 Å². The highest BCUT2D eigenvalue weighted by atomic mass is 19.4. The van der Waals surface area contributed by atoms with E-state index in [1.165, 1.54) is 26.4 Å². The maximum Gasteiger partial charge on any atom is 0.390 e. The summed E-state index contributed by atoms with van der Waals surface area (Å²) in [5, 5.41) is 0. The summed E-state index contributed by atoms with van der Waals surface area (Å²) in [6.45, 7) is 0. The third-order valence-electron chi connectivity index (χ3n) is 2.29. The molecule has 0 aromatic heterocycles. The van der Waals surface area contributed by atoms with Crippen LogP contribution in [0.3, 0.4) is 0 Å². The molecule has 0 fully saturated rings. The minimum Gasteiger partial charge on any atom is -0.497 e.